The summed E-state index contributed by atoms with van der Waals surface area (Å²) in [4.78, 5) is 22.4. The number of aryl methyl sites for hydroxylation is 2. The normalized spacial score (nSPS) is 13.4. The zero-order valence-electron chi connectivity index (χ0n) is 26.2. The van der Waals surface area contributed by atoms with Crippen molar-refractivity contribution in [1.82, 2.24) is 25.2 Å². The zero-order chi connectivity index (χ0) is 31.9. The van der Waals surface area contributed by atoms with Crippen LogP contribution in [0.4, 0.5) is 5.13 Å². The number of aromatic nitrogens is 4. The molecule has 0 aliphatic carbocycles. The van der Waals surface area contributed by atoms with E-state index in [4.69, 9.17) is 9.72 Å². The molecule has 0 atom stereocenters. The Kier molecular flexibility index (Phi) is 10.5. The van der Waals surface area contributed by atoms with Crippen molar-refractivity contribution in [2.24, 2.45) is 5.10 Å². The molecule has 1 aliphatic heterocycles. The van der Waals surface area contributed by atoms with Crippen molar-refractivity contribution in [2.75, 3.05) is 30.9 Å². The van der Waals surface area contributed by atoms with Gasteiger partial charge >= 0.3 is 0 Å². The number of thiophene rings is 1. The highest BCUT2D eigenvalue weighted by Gasteiger charge is 2.22. The topological polar surface area (TPSA) is 97.5 Å². The first-order chi connectivity index (χ1) is 22.6. The second kappa shape index (κ2) is 15.1. The second-order valence-electron chi connectivity index (χ2n) is 10.8. The summed E-state index contributed by atoms with van der Waals surface area (Å²) < 4.78 is 7.46. The lowest BCUT2D eigenvalue weighted by atomic mass is 10.0. The Morgan fingerprint density at radius 1 is 1.02 bits per heavy atom. The molecule has 4 heterocycles. The number of hydrogen-bond acceptors (Lipinski definition) is 10. The van der Waals surface area contributed by atoms with Crippen LogP contribution in [-0.4, -0.2) is 57.8 Å². The largest absolute Gasteiger partial charge is 0.497 e. The molecule has 0 spiro atoms. The van der Waals surface area contributed by atoms with Crippen LogP contribution in [0.15, 0.2) is 70.2 Å². The molecule has 1 aliphatic rings. The van der Waals surface area contributed by atoms with Crippen LogP contribution >= 0.6 is 34.4 Å². The average Bonchev–Trinajstić information content (AvgIpc) is 3.88. The third-order valence-corrected chi connectivity index (χ3v) is 10.8. The van der Waals surface area contributed by atoms with Crippen molar-refractivity contribution < 1.29 is 9.53 Å². The minimum absolute atomic E-state index is 0.132. The molecule has 238 valence electrons. The van der Waals surface area contributed by atoms with Gasteiger partial charge in [-0.25, -0.2) is 10.4 Å². The van der Waals surface area contributed by atoms with E-state index in [1.54, 1.807) is 36.0 Å². The van der Waals surface area contributed by atoms with Crippen LogP contribution in [0, 0.1) is 0 Å². The number of nitrogens with one attached hydrogen (secondary N) is 1. The van der Waals surface area contributed by atoms with Gasteiger partial charge in [-0.05, 0) is 78.9 Å². The fourth-order valence-corrected chi connectivity index (χ4v) is 8.06. The molecule has 3 aromatic heterocycles. The zero-order valence-corrected chi connectivity index (χ0v) is 28.7. The lowest BCUT2D eigenvalue weighted by molar-refractivity contribution is -0.118. The molecule has 5 aromatic rings. The number of nitrogens with zero attached hydrogens (tertiary/aromatic N) is 6. The number of benzene rings is 2. The first-order valence-corrected chi connectivity index (χ1v) is 18.2. The predicted molar refractivity (Wildman–Crippen MR) is 190 cm³/mol. The minimum Gasteiger partial charge on any atom is -0.497 e. The smallest absolute Gasteiger partial charge is 0.250 e. The lowest BCUT2D eigenvalue weighted by Gasteiger charge is -2.25. The van der Waals surface area contributed by atoms with Crippen molar-refractivity contribution in [3.05, 3.63) is 76.0 Å². The third kappa shape index (κ3) is 7.03. The highest BCUT2D eigenvalue weighted by molar-refractivity contribution is 7.99. The quantitative estimate of drug-likeness (QED) is 0.0834. The molecule has 0 saturated carbocycles. The van der Waals surface area contributed by atoms with Crippen LogP contribution < -0.4 is 15.1 Å². The van der Waals surface area contributed by atoms with Crippen molar-refractivity contribution in [3.63, 3.8) is 0 Å². The molecule has 1 saturated heterocycles. The van der Waals surface area contributed by atoms with E-state index in [0.29, 0.717) is 5.16 Å². The van der Waals surface area contributed by atoms with E-state index in [-0.39, 0.29) is 11.7 Å². The summed E-state index contributed by atoms with van der Waals surface area (Å²) in [6.07, 6.45) is 7.06. The van der Waals surface area contributed by atoms with Gasteiger partial charge < -0.3 is 9.64 Å². The number of anilines is 1. The summed E-state index contributed by atoms with van der Waals surface area (Å²) in [5.41, 5.74) is 8.01. The molecule has 9 nitrogen and oxygen atoms in total. The summed E-state index contributed by atoms with van der Waals surface area (Å²) in [5.74, 6) is 1.40. The Morgan fingerprint density at radius 2 is 1.78 bits per heavy atom. The number of para-hydroxylation sites is 1. The van der Waals surface area contributed by atoms with E-state index >= 15 is 0 Å². The molecule has 12 heteroatoms. The number of hydrazone groups is 1. The van der Waals surface area contributed by atoms with Crippen molar-refractivity contribution in [3.8, 4) is 33.4 Å². The number of ether oxygens (including phenoxy) is 1. The van der Waals surface area contributed by atoms with Gasteiger partial charge in [0, 0.05) is 18.7 Å². The number of carbonyl (C=O) groups excluding carboxylic acids is 1. The fourth-order valence-electron chi connectivity index (χ4n) is 5.54. The Balaban J connectivity index is 1.22. The fraction of sp³-hybridized carbons (Fsp3) is 0.324. The SMILES string of the molecule is CCc1cccc(CC)c1-n1c(SCC(=O)NN=Cc2sc(N3CCCCC3)nc2-c2cccs2)nnc1-c1ccc(OC)cc1. The average molecular weight is 672 g/mol. The highest BCUT2D eigenvalue weighted by Crippen LogP contribution is 2.36. The van der Waals surface area contributed by atoms with E-state index in [9.17, 15) is 4.79 Å². The van der Waals surface area contributed by atoms with Crippen LogP contribution in [-0.2, 0) is 17.6 Å². The van der Waals surface area contributed by atoms with Gasteiger partial charge in [-0.1, -0.05) is 61.2 Å². The van der Waals surface area contributed by atoms with Gasteiger partial charge in [0.25, 0.3) is 5.91 Å². The molecule has 2 aromatic carbocycles. The van der Waals surface area contributed by atoms with Gasteiger partial charge in [0.15, 0.2) is 16.1 Å². The van der Waals surface area contributed by atoms with Crippen LogP contribution in [0.2, 0.25) is 0 Å². The van der Waals surface area contributed by atoms with E-state index in [1.165, 1.54) is 42.2 Å². The summed E-state index contributed by atoms with van der Waals surface area (Å²) in [6, 6.07) is 18.3. The summed E-state index contributed by atoms with van der Waals surface area (Å²) >= 11 is 4.62. The van der Waals surface area contributed by atoms with Gasteiger partial charge in [0.1, 0.15) is 11.4 Å². The number of thiazole rings is 1. The molecule has 6 rings (SSSR count). The molecule has 0 radical (unpaired) electrons. The van der Waals surface area contributed by atoms with Crippen LogP contribution in [0.3, 0.4) is 0 Å². The van der Waals surface area contributed by atoms with Gasteiger partial charge in [-0.3, -0.25) is 9.36 Å². The molecule has 0 bridgehead atoms. The Bertz CT molecular complexity index is 1770. The van der Waals surface area contributed by atoms with Crippen molar-refractivity contribution in [2.45, 2.75) is 51.1 Å². The van der Waals surface area contributed by atoms with Gasteiger partial charge in [0.2, 0.25) is 0 Å². The number of thioether (sulfide) groups is 1. The minimum atomic E-state index is -0.222. The Labute approximate surface area is 281 Å². The number of rotatable bonds is 12. The molecule has 46 heavy (non-hydrogen) atoms. The predicted octanol–water partition coefficient (Wildman–Crippen LogP) is 7.49. The maximum absolute atomic E-state index is 13.1. The number of amides is 1. The van der Waals surface area contributed by atoms with Crippen molar-refractivity contribution >= 4 is 51.7 Å². The molecule has 0 unspecified atom stereocenters. The molecule has 1 fully saturated rings. The van der Waals surface area contributed by atoms with Gasteiger partial charge in [-0.15, -0.1) is 21.5 Å². The van der Waals surface area contributed by atoms with E-state index < -0.39 is 0 Å². The lowest BCUT2D eigenvalue weighted by Crippen LogP contribution is -2.29. The van der Waals surface area contributed by atoms with Crippen molar-refractivity contribution in [1.29, 1.82) is 0 Å². The maximum Gasteiger partial charge on any atom is 0.250 e. The van der Waals surface area contributed by atoms with E-state index in [1.807, 2.05) is 30.3 Å². The van der Waals surface area contributed by atoms with E-state index in [2.05, 4.69) is 73.7 Å². The number of hydrogen-bond donors (Lipinski definition) is 1. The first kappa shape index (κ1) is 32.0. The maximum atomic E-state index is 13.1. The first-order valence-electron chi connectivity index (χ1n) is 15.5. The molecular weight excluding hydrogens is 635 g/mol. The highest BCUT2D eigenvalue weighted by atomic mass is 32.2. The Morgan fingerprint density at radius 3 is 2.46 bits per heavy atom. The van der Waals surface area contributed by atoms with Crippen LogP contribution in [0.25, 0.3) is 27.6 Å². The molecule has 1 N–H and O–H groups in total. The van der Waals surface area contributed by atoms with E-state index in [0.717, 1.165) is 69.3 Å². The molecule has 1 amide bonds. The van der Waals surface area contributed by atoms with Crippen LogP contribution in [0.1, 0.15) is 49.1 Å². The summed E-state index contributed by atoms with van der Waals surface area (Å²) in [5, 5.41) is 17.2. The van der Waals surface area contributed by atoms with Gasteiger partial charge in [-0.2, -0.15) is 5.10 Å². The third-order valence-electron chi connectivity index (χ3n) is 7.90. The monoisotopic (exact) mass is 671 g/mol. The Hall–Kier alpha value is -4.00. The summed E-state index contributed by atoms with van der Waals surface area (Å²) in [6.45, 7) is 6.34. The number of piperidine rings is 1. The number of methoxy groups -OCH3 is 1. The standard InChI is InChI=1S/C34H37N7O2S3/c1-4-23-11-9-12-24(5-2)31(23)41-32(25-14-16-26(43-3)17-15-25)38-39-34(41)45-22-29(42)37-35-21-28-30(27-13-10-20-44-27)36-33(46-28)40-18-7-6-8-19-40/h9-17,20-21H,4-8,18-19,22H2,1-3H3,(H,37,42). The second-order valence-corrected chi connectivity index (χ2v) is 13.7. The summed E-state index contributed by atoms with van der Waals surface area (Å²) in [7, 11) is 1.65. The van der Waals surface area contributed by atoms with Crippen LogP contribution in [0.5, 0.6) is 5.75 Å². The number of carbonyl (C=O) groups is 1. The van der Waals surface area contributed by atoms with Gasteiger partial charge in [0.05, 0.1) is 34.5 Å². The molecular formula is C34H37N7O2S3.